The Hall–Kier alpha value is -2.43. The van der Waals surface area contributed by atoms with E-state index in [4.69, 9.17) is 14.2 Å². The minimum Gasteiger partial charge on any atom is -0.492 e. The Labute approximate surface area is 168 Å². The summed E-state index contributed by atoms with van der Waals surface area (Å²) in [5.74, 6) is 2.20. The summed E-state index contributed by atoms with van der Waals surface area (Å²) >= 11 is 1.75. The lowest BCUT2D eigenvalue weighted by Gasteiger charge is -2.33. The van der Waals surface area contributed by atoms with Gasteiger partial charge in [-0.3, -0.25) is 0 Å². The van der Waals surface area contributed by atoms with Crippen LogP contribution in [0, 0.1) is 11.3 Å². The van der Waals surface area contributed by atoms with Crippen molar-refractivity contribution < 1.29 is 19.1 Å². The molecule has 5 rings (SSSR count). The van der Waals surface area contributed by atoms with Crippen LogP contribution in [0.15, 0.2) is 6.07 Å². The van der Waals surface area contributed by atoms with E-state index in [1.54, 1.807) is 18.4 Å². The second kappa shape index (κ2) is 6.87. The second-order valence-electron chi connectivity index (χ2n) is 7.67. The first-order chi connectivity index (χ1) is 13.7. The van der Waals surface area contributed by atoms with Crippen LogP contribution in [0.4, 0.5) is 5.00 Å². The van der Waals surface area contributed by atoms with Crippen molar-refractivity contribution in [3.8, 4) is 23.3 Å². The number of nitriles is 1. The molecule has 0 saturated heterocycles. The number of methoxy groups -OCH3 is 1. The van der Waals surface area contributed by atoms with E-state index < -0.39 is 0 Å². The minimum absolute atomic E-state index is 0.000373. The van der Waals surface area contributed by atoms with Crippen molar-refractivity contribution in [2.75, 3.05) is 32.8 Å². The Morgan fingerprint density at radius 2 is 2.14 bits per heavy atom. The number of ether oxygens (including phenoxy) is 3. The summed E-state index contributed by atoms with van der Waals surface area (Å²) in [5.41, 5.74) is 4.43. The van der Waals surface area contributed by atoms with Gasteiger partial charge >= 0.3 is 0 Å². The van der Waals surface area contributed by atoms with Gasteiger partial charge in [0.15, 0.2) is 17.7 Å². The number of anilines is 1. The van der Waals surface area contributed by atoms with Crippen LogP contribution in [0.2, 0.25) is 0 Å². The van der Waals surface area contributed by atoms with Gasteiger partial charge in [-0.25, -0.2) is 0 Å². The minimum atomic E-state index is 0.000373. The van der Waals surface area contributed by atoms with Gasteiger partial charge in [0.05, 0.1) is 31.8 Å². The molecule has 1 aromatic carbocycles. The van der Waals surface area contributed by atoms with Crippen LogP contribution in [0.25, 0.3) is 0 Å². The van der Waals surface area contributed by atoms with Crippen LogP contribution in [0.3, 0.4) is 0 Å². The maximum absolute atomic E-state index is 9.83. The lowest BCUT2D eigenvalue weighted by atomic mass is 9.94. The number of aryl methyl sites for hydroxylation is 1. The van der Waals surface area contributed by atoms with Crippen LogP contribution in [0.1, 0.15) is 46.1 Å². The van der Waals surface area contributed by atoms with Crippen molar-refractivity contribution in [3.63, 3.8) is 0 Å². The molecule has 0 fully saturated rings. The number of thiophene rings is 1. The van der Waals surface area contributed by atoms with Crippen LogP contribution in [0.5, 0.6) is 17.2 Å². The largest absolute Gasteiger partial charge is 0.492 e. The molecule has 1 unspecified atom stereocenters. The van der Waals surface area contributed by atoms with Crippen LogP contribution >= 0.6 is 11.3 Å². The first-order valence-corrected chi connectivity index (χ1v) is 10.7. The fourth-order valence-corrected chi connectivity index (χ4v) is 5.91. The van der Waals surface area contributed by atoms with Crippen LogP contribution < -0.4 is 24.4 Å². The molecule has 0 bridgehead atoms. The number of rotatable bonds is 3. The third-order valence-corrected chi connectivity index (χ3v) is 7.30. The summed E-state index contributed by atoms with van der Waals surface area (Å²) in [6.45, 7) is 1.23. The normalized spacial score (nSPS) is 22.2. The molecule has 1 aromatic heterocycles. The van der Waals surface area contributed by atoms with E-state index in [0.717, 1.165) is 53.4 Å². The Balaban J connectivity index is 1.59. The number of benzene rings is 1. The molecule has 7 heteroatoms. The Morgan fingerprint density at radius 1 is 1.29 bits per heavy atom. The third-order valence-electron chi connectivity index (χ3n) is 6.08. The molecular weight excluding hydrogens is 374 g/mol. The lowest BCUT2D eigenvalue weighted by molar-refractivity contribution is -0.910. The molecule has 2 N–H and O–H groups in total. The van der Waals surface area contributed by atoms with Crippen LogP contribution in [-0.2, 0) is 19.3 Å². The highest BCUT2D eigenvalue weighted by molar-refractivity contribution is 7.16. The third kappa shape index (κ3) is 2.63. The van der Waals surface area contributed by atoms with Gasteiger partial charge in [-0.1, -0.05) is 0 Å². The highest BCUT2D eigenvalue weighted by Gasteiger charge is 2.37. The molecule has 146 valence electrons. The second-order valence-corrected chi connectivity index (χ2v) is 8.77. The van der Waals surface area contributed by atoms with Gasteiger partial charge < -0.3 is 24.4 Å². The average Bonchev–Trinajstić information content (AvgIpc) is 3.32. The molecular formula is C21H24N3O3S+. The van der Waals surface area contributed by atoms with Gasteiger partial charge in [-0.2, -0.15) is 5.26 Å². The van der Waals surface area contributed by atoms with Gasteiger partial charge in [0.25, 0.3) is 0 Å². The molecule has 0 amide bonds. The van der Waals surface area contributed by atoms with Crippen molar-refractivity contribution in [1.29, 1.82) is 5.26 Å². The quantitative estimate of drug-likeness (QED) is 0.831. The van der Waals surface area contributed by atoms with Gasteiger partial charge in [0, 0.05) is 11.3 Å². The molecule has 28 heavy (non-hydrogen) atoms. The number of likely N-dealkylation sites (N-methyl/N-ethyl adjacent to an activating group) is 1. The number of nitrogens with one attached hydrogen (secondary N) is 2. The maximum atomic E-state index is 9.83. The van der Waals surface area contributed by atoms with Crippen LogP contribution in [-0.4, -0.2) is 27.5 Å². The van der Waals surface area contributed by atoms with E-state index in [9.17, 15) is 5.26 Å². The van der Waals surface area contributed by atoms with Gasteiger partial charge in [0.1, 0.15) is 11.1 Å². The summed E-state index contributed by atoms with van der Waals surface area (Å²) in [6.07, 6.45) is 5.45. The lowest BCUT2D eigenvalue weighted by Crippen LogP contribution is -3.11. The molecule has 2 aromatic rings. The molecule has 3 aliphatic rings. The number of hydrogen-bond donors (Lipinski definition) is 2. The van der Waals surface area contributed by atoms with Crippen molar-refractivity contribution in [2.45, 2.75) is 38.3 Å². The van der Waals surface area contributed by atoms with E-state index in [1.807, 2.05) is 0 Å². The number of nitrogens with zero attached hydrogens (tertiary/aromatic N) is 1. The summed E-state index contributed by atoms with van der Waals surface area (Å²) in [6, 6.07) is 4.55. The predicted octanol–water partition coefficient (Wildman–Crippen LogP) is 2.42. The van der Waals surface area contributed by atoms with E-state index >= 15 is 0 Å². The van der Waals surface area contributed by atoms with E-state index in [0.29, 0.717) is 5.75 Å². The monoisotopic (exact) mass is 398 g/mol. The molecule has 6 nitrogen and oxygen atoms in total. The first kappa shape index (κ1) is 17.7. The average molecular weight is 399 g/mol. The van der Waals surface area contributed by atoms with Gasteiger partial charge in [-0.05, 0) is 42.9 Å². The SMILES string of the molecule is COc1c2c(cc3c1[C@H](Nc1sc4c(c1C#N)CCCC4)[NH+](C)CC3)OCO2. The molecule has 1 aliphatic carbocycles. The van der Waals surface area contributed by atoms with Crippen molar-refractivity contribution in [2.24, 2.45) is 0 Å². The number of fused-ring (bicyclic) bond motifs is 3. The zero-order valence-corrected chi connectivity index (χ0v) is 17.0. The standard InChI is InChI=1S/C21H23N3O3S/c1-24-8-7-12-9-15-18(27-11-26-15)19(25-2)17(12)20(24)23-21-14(10-22)13-5-3-4-6-16(13)28-21/h9,20,23H,3-8,11H2,1-2H3/p+1/t20-/m1/s1. The molecule has 2 atom stereocenters. The zero-order chi connectivity index (χ0) is 19.3. The van der Waals surface area contributed by atoms with Gasteiger partial charge in [-0.15, -0.1) is 11.3 Å². The number of hydrogen-bond acceptors (Lipinski definition) is 6. The van der Waals surface area contributed by atoms with Gasteiger partial charge in [0.2, 0.25) is 12.5 Å². The molecule has 0 radical (unpaired) electrons. The molecule has 2 aliphatic heterocycles. The molecule has 3 heterocycles. The van der Waals surface area contributed by atoms with E-state index in [1.165, 1.54) is 33.7 Å². The summed E-state index contributed by atoms with van der Waals surface area (Å²) in [7, 11) is 3.87. The first-order valence-electron chi connectivity index (χ1n) is 9.84. The van der Waals surface area contributed by atoms with Crippen molar-refractivity contribution >= 4 is 16.3 Å². The highest BCUT2D eigenvalue weighted by atomic mass is 32.1. The summed E-state index contributed by atoms with van der Waals surface area (Å²) in [4.78, 5) is 2.72. The van der Waals surface area contributed by atoms with E-state index in [2.05, 4.69) is 24.5 Å². The van der Waals surface area contributed by atoms with Crippen molar-refractivity contribution in [1.82, 2.24) is 0 Å². The zero-order valence-electron chi connectivity index (χ0n) is 16.2. The Kier molecular flexibility index (Phi) is 4.33. The fourth-order valence-electron chi connectivity index (χ4n) is 4.64. The predicted molar refractivity (Wildman–Crippen MR) is 107 cm³/mol. The highest BCUT2D eigenvalue weighted by Crippen LogP contribution is 2.48. The fraction of sp³-hybridized carbons (Fsp3) is 0.476. The maximum Gasteiger partial charge on any atom is 0.231 e. The Morgan fingerprint density at radius 3 is 2.96 bits per heavy atom. The summed E-state index contributed by atoms with van der Waals surface area (Å²) in [5, 5.41) is 14.5. The summed E-state index contributed by atoms with van der Waals surface area (Å²) < 4.78 is 17.1. The Bertz CT molecular complexity index is 978. The van der Waals surface area contributed by atoms with E-state index in [-0.39, 0.29) is 13.0 Å². The number of quaternary nitrogens is 1. The molecule has 0 saturated carbocycles. The van der Waals surface area contributed by atoms with Crippen molar-refractivity contribution in [3.05, 3.63) is 33.2 Å². The smallest absolute Gasteiger partial charge is 0.231 e. The molecule has 0 spiro atoms. The topological polar surface area (TPSA) is 68.0 Å².